The van der Waals surface area contributed by atoms with Crippen LogP contribution >= 0.6 is 11.6 Å². The SMILES string of the molecule is Clc1ccc2c(c1NCc1ccc(-c3ccncc3)cc1)CCNCC2. The second-order valence-corrected chi connectivity index (χ2v) is 7.00. The Balaban J connectivity index is 1.51. The van der Waals surface area contributed by atoms with E-state index in [2.05, 4.69) is 45.9 Å². The summed E-state index contributed by atoms with van der Waals surface area (Å²) in [6.45, 7) is 2.80. The van der Waals surface area contributed by atoms with E-state index in [1.54, 1.807) is 0 Å². The van der Waals surface area contributed by atoms with E-state index in [0.29, 0.717) is 0 Å². The fraction of sp³-hybridized carbons (Fsp3) is 0.227. The summed E-state index contributed by atoms with van der Waals surface area (Å²) in [5, 5.41) is 7.84. The number of nitrogens with zero attached hydrogens (tertiary/aromatic N) is 1. The second-order valence-electron chi connectivity index (χ2n) is 6.60. The third-order valence-corrected chi connectivity index (χ3v) is 5.23. The molecule has 1 aliphatic heterocycles. The molecule has 2 aromatic carbocycles. The number of fused-ring (bicyclic) bond motifs is 1. The van der Waals surface area contributed by atoms with E-state index in [9.17, 15) is 0 Å². The second kappa shape index (κ2) is 7.90. The molecule has 2 N–H and O–H groups in total. The monoisotopic (exact) mass is 363 g/mol. The summed E-state index contributed by atoms with van der Waals surface area (Å²) in [6, 6.07) is 16.9. The molecule has 0 spiro atoms. The van der Waals surface area contributed by atoms with Gasteiger partial charge in [-0.25, -0.2) is 0 Å². The van der Waals surface area contributed by atoms with Gasteiger partial charge in [-0.05, 0) is 71.9 Å². The maximum Gasteiger partial charge on any atom is 0.0640 e. The van der Waals surface area contributed by atoms with Crippen molar-refractivity contribution in [2.75, 3.05) is 18.4 Å². The van der Waals surface area contributed by atoms with E-state index in [-0.39, 0.29) is 0 Å². The van der Waals surface area contributed by atoms with Gasteiger partial charge in [-0.2, -0.15) is 0 Å². The first-order valence-electron chi connectivity index (χ1n) is 9.05. The van der Waals surface area contributed by atoms with Crippen LogP contribution in [0.4, 0.5) is 5.69 Å². The van der Waals surface area contributed by atoms with Crippen molar-refractivity contribution in [1.82, 2.24) is 10.3 Å². The molecule has 3 aromatic rings. The van der Waals surface area contributed by atoms with Gasteiger partial charge in [-0.3, -0.25) is 4.98 Å². The molecule has 4 heteroatoms. The zero-order chi connectivity index (χ0) is 17.8. The van der Waals surface area contributed by atoms with Crippen molar-refractivity contribution >= 4 is 17.3 Å². The first-order valence-corrected chi connectivity index (χ1v) is 9.43. The van der Waals surface area contributed by atoms with Crippen molar-refractivity contribution in [2.45, 2.75) is 19.4 Å². The fourth-order valence-corrected chi connectivity index (χ4v) is 3.73. The lowest BCUT2D eigenvalue weighted by Gasteiger charge is -2.16. The van der Waals surface area contributed by atoms with Crippen molar-refractivity contribution in [2.24, 2.45) is 0 Å². The Kier molecular flexibility index (Phi) is 5.19. The molecule has 0 unspecified atom stereocenters. The van der Waals surface area contributed by atoms with Crippen LogP contribution in [0, 0.1) is 0 Å². The molecule has 1 aromatic heterocycles. The lowest BCUT2D eigenvalue weighted by Crippen LogP contribution is -2.16. The predicted octanol–water partition coefficient (Wildman–Crippen LogP) is 4.70. The van der Waals surface area contributed by atoms with Crippen molar-refractivity contribution in [3.8, 4) is 11.1 Å². The molecule has 0 aliphatic carbocycles. The summed E-state index contributed by atoms with van der Waals surface area (Å²) in [4.78, 5) is 4.07. The zero-order valence-corrected chi connectivity index (χ0v) is 15.4. The number of rotatable bonds is 4. The van der Waals surface area contributed by atoms with Gasteiger partial charge >= 0.3 is 0 Å². The molecule has 0 saturated carbocycles. The maximum absolute atomic E-state index is 6.50. The minimum atomic E-state index is 0.764. The smallest absolute Gasteiger partial charge is 0.0640 e. The predicted molar refractivity (Wildman–Crippen MR) is 109 cm³/mol. The molecule has 1 aliphatic rings. The molecule has 0 fully saturated rings. The third kappa shape index (κ3) is 3.74. The Hall–Kier alpha value is -2.36. The van der Waals surface area contributed by atoms with Gasteiger partial charge in [0.1, 0.15) is 0 Å². The van der Waals surface area contributed by atoms with Crippen molar-refractivity contribution in [1.29, 1.82) is 0 Å². The van der Waals surface area contributed by atoms with E-state index in [0.717, 1.165) is 43.2 Å². The Labute approximate surface area is 159 Å². The van der Waals surface area contributed by atoms with Crippen molar-refractivity contribution < 1.29 is 0 Å². The quantitative estimate of drug-likeness (QED) is 0.705. The Morgan fingerprint density at radius 3 is 2.42 bits per heavy atom. The number of pyridine rings is 1. The molecule has 3 nitrogen and oxygen atoms in total. The molecule has 26 heavy (non-hydrogen) atoms. The molecule has 0 bridgehead atoms. The van der Waals surface area contributed by atoms with Crippen LogP contribution in [0.3, 0.4) is 0 Å². The highest BCUT2D eigenvalue weighted by atomic mass is 35.5. The van der Waals surface area contributed by atoms with Crippen LogP contribution in [0.25, 0.3) is 11.1 Å². The van der Waals surface area contributed by atoms with Crippen LogP contribution in [-0.2, 0) is 19.4 Å². The van der Waals surface area contributed by atoms with Crippen molar-refractivity contribution in [3.05, 3.63) is 82.6 Å². The number of nitrogens with one attached hydrogen (secondary N) is 2. The summed E-state index contributed by atoms with van der Waals surface area (Å²) in [7, 11) is 0. The average molecular weight is 364 g/mol. The van der Waals surface area contributed by atoms with Gasteiger partial charge in [-0.15, -0.1) is 0 Å². The van der Waals surface area contributed by atoms with Crippen LogP contribution < -0.4 is 10.6 Å². The van der Waals surface area contributed by atoms with Gasteiger partial charge in [0.15, 0.2) is 0 Å². The summed E-state index contributed by atoms with van der Waals surface area (Å²) >= 11 is 6.50. The topological polar surface area (TPSA) is 37.0 Å². The molecule has 132 valence electrons. The minimum absolute atomic E-state index is 0.764. The number of anilines is 1. The summed E-state index contributed by atoms with van der Waals surface area (Å²) in [6.07, 6.45) is 5.71. The van der Waals surface area contributed by atoms with Gasteiger partial charge in [0.2, 0.25) is 0 Å². The van der Waals surface area contributed by atoms with Gasteiger partial charge in [0.05, 0.1) is 10.7 Å². The lowest BCUT2D eigenvalue weighted by atomic mass is 10.0. The first kappa shape index (κ1) is 17.1. The molecule has 0 amide bonds. The summed E-state index contributed by atoms with van der Waals surface area (Å²) in [5.74, 6) is 0. The largest absolute Gasteiger partial charge is 0.380 e. The molecular formula is C22H22ClN3. The van der Waals surface area contributed by atoms with E-state index < -0.39 is 0 Å². The first-order chi connectivity index (χ1) is 12.8. The highest BCUT2D eigenvalue weighted by molar-refractivity contribution is 6.33. The van der Waals surface area contributed by atoms with E-state index in [1.807, 2.05) is 30.6 Å². The van der Waals surface area contributed by atoms with Crippen LogP contribution in [0.15, 0.2) is 60.9 Å². The molecule has 0 radical (unpaired) electrons. The Morgan fingerprint density at radius 2 is 1.62 bits per heavy atom. The molecular weight excluding hydrogens is 342 g/mol. The van der Waals surface area contributed by atoms with Crippen LogP contribution in [0.1, 0.15) is 16.7 Å². The number of hydrogen-bond donors (Lipinski definition) is 2. The highest BCUT2D eigenvalue weighted by Crippen LogP contribution is 2.31. The van der Waals surface area contributed by atoms with Crippen molar-refractivity contribution in [3.63, 3.8) is 0 Å². The standard InChI is InChI=1S/C22H22ClN3/c23-21-6-5-19-9-13-25-14-10-20(19)22(21)26-15-16-1-3-17(4-2-16)18-7-11-24-12-8-18/h1-8,11-12,25-26H,9-10,13-15H2. The van der Waals surface area contributed by atoms with Gasteiger partial charge in [-0.1, -0.05) is 41.9 Å². The fourth-order valence-electron chi connectivity index (χ4n) is 3.48. The number of halogens is 1. The van der Waals surface area contributed by atoms with E-state index >= 15 is 0 Å². The molecule has 4 rings (SSSR count). The van der Waals surface area contributed by atoms with Gasteiger partial charge in [0, 0.05) is 18.9 Å². The molecule has 0 saturated heterocycles. The highest BCUT2D eigenvalue weighted by Gasteiger charge is 2.14. The average Bonchev–Trinajstić information content (AvgIpc) is 2.94. The number of benzene rings is 2. The normalized spacial score (nSPS) is 13.7. The summed E-state index contributed by atoms with van der Waals surface area (Å²) in [5.41, 5.74) is 7.47. The van der Waals surface area contributed by atoms with Crippen LogP contribution in [-0.4, -0.2) is 18.1 Å². The van der Waals surface area contributed by atoms with Crippen LogP contribution in [0.2, 0.25) is 5.02 Å². The Bertz CT molecular complexity index is 876. The Morgan fingerprint density at radius 1 is 0.885 bits per heavy atom. The summed E-state index contributed by atoms with van der Waals surface area (Å²) < 4.78 is 0. The minimum Gasteiger partial charge on any atom is -0.380 e. The van der Waals surface area contributed by atoms with E-state index in [1.165, 1.54) is 27.8 Å². The molecule has 0 atom stereocenters. The number of hydrogen-bond acceptors (Lipinski definition) is 3. The maximum atomic E-state index is 6.50. The van der Waals surface area contributed by atoms with Crippen LogP contribution in [0.5, 0.6) is 0 Å². The van der Waals surface area contributed by atoms with Gasteiger partial charge in [0.25, 0.3) is 0 Å². The lowest BCUT2D eigenvalue weighted by molar-refractivity contribution is 0.711. The number of aromatic nitrogens is 1. The van der Waals surface area contributed by atoms with Gasteiger partial charge < -0.3 is 10.6 Å². The third-order valence-electron chi connectivity index (χ3n) is 4.92. The molecule has 2 heterocycles. The van der Waals surface area contributed by atoms with E-state index in [4.69, 9.17) is 11.6 Å². The zero-order valence-electron chi connectivity index (χ0n) is 14.6.